The second kappa shape index (κ2) is 2.87. The Labute approximate surface area is 77.7 Å². The van der Waals surface area contributed by atoms with Gasteiger partial charge in [0.25, 0.3) is 0 Å². The lowest BCUT2D eigenvalue weighted by Crippen LogP contribution is -2.56. The fourth-order valence-corrected chi connectivity index (χ4v) is 2.48. The Kier molecular flexibility index (Phi) is 1.95. The lowest BCUT2D eigenvalue weighted by atomic mass is 9.60. The van der Waals surface area contributed by atoms with Crippen LogP contribution in [0.25, 0.3) is 0 Å². The highest BCUT2D eigenvalue weighted by atomic mass is 16.4. The normalized spacial score (nSPS) is 31.5. The van der Waals surface area contributed by atoms with Gasteiger partial charge in [0.1, 0.15) is 0 Å². The molecule has 0 radical (unpaired) electrons. The maximum atomic E-state index is 10.6. The summed E-state index contributed by atoms with van der Waals surface area (Å²) >= 11 is 0. The molecule has 2 fully saturated rings. The van der Waals surface area contributed by atoms with Gasteiger partial charge in [0.05, 0.1) is 0 Å². The van der Waals surface area contributed by atoms with Crippen molar-refractivity contribution in [1.29, 1.82) is 0 Å². The van der Waals surface area contributed by atoms with E-state index in [4.69, 9.17) is 10.8 Å². The zero-order chi connectivity index (χ0) is 9.47. The van der Waals surface area contributed by atoms with Crippen LogP contribution < -0.4 is 5.73 Å². The van der Waals surface area contributed by atoms with Crippen molar-refractivity contribution in [3.05, 3.63) is 0 Å². The Hall–Kier alpha value is -0.770. The van der Waals surface area contributed by atoms with E-state index in [2.05, 4.69) is 0 Å². The Bertz CT molecular complexity index is 222. The minimum absolute atomic E-state index is 0.298. The van der Waals surface area contributed by atoms with Crippen LogP contribution in [0.5, 0.6) is 0 Å². The van der Waals surface area contributed by atoms with Crippen LogP contribution in [0.2, 0.25) is 0 Å². The number of nitrogens with zero attached hydrogens (tertiary/aromatic N) is 1. The van der Waals surface area contributed by atoms with Gasteiger partial charge in [-0.05, 0) is 31.1 Å². The maximum absolute atomic E-state index is 10.6. The number of nitrogens with two attached hydrogens (primary N) is 1. The first-order chi connectivity index (χ1) is 6.14. The topological polar surface area (TPSA) is 66.6 Å². The van der Waals surface area contributed by atoms with Gasteiger partial charge in [-0.1, -0.05) is 0 Å². The van der Waals surface area contributed by atoms with Crippen molar-refractivity contribution in [2.45, 2.75) is 31.7 Å². The number of carbonyl (C=O) groups is 1. The van der Waals surface area contributed by atoms with Crippen LogP contribution in [0, 0.1) is 5.41 Å². The SMILES string of the molecule is N[C@H]1CCC12CCN(C(=O)O)CC2. The number of hydrogen-bond donors (Lipinski definition) is 2. The van der Waals surface area contributed by atoms with Crippen LogP contribution in [0.3, 0.4) is 0 Å². The molecule has 1 saturated heterocycles. The first-order valence-corrected chi connectivity index (χ1v) is 4.87. The highest BCUT2D eigenvalue weighted by Crippen LogP contribution is 2.47. The summed E-state index contributed by atoms with van der Waals surface area (Å²) in [5, 5.41) is 8.76. The minimum Gasteiger partial charge on any atom is -0.465 e. The highest BCUT2D eigenvalue weighted by Gasteiger charge is 2.46. The molecule has 13 heavy (non-hydrogen) atoms. The molecule has 4 nitrogen and oxygen atoms in total. The van der Waals surface area contributed by atoms with Gasteiger partial charge < -0.3 is 15.7 Å². The largest absolute Gasteiger partial charge is 0.465 e. The van der Waals surface area contributed by atoms with Gasteiger partial charge in [-0.3, -0.25) is 0 Å². The van der Waals surface area contributed by atoms with Gasteiger partial charge in [-0.2, -0.15) is 0 Å². The van der Waals surface area contributed by atoms with Crippen LogP contribution in [0.4, 0.5) is 4.79 Å². The Morgan fingerprint density at radius 2 is 2.00 bits per heavy atom. The molecule has 0 unspecified atom stereocenters. The second-order valence-corrected chi connectivity index (χ2v) is 4.28. The van der Waals surface area contributed by atoms with E-state index >= 15 is 0 Å². The molecule has 0 aromatic heterocycles. The monoisotopic (exact) mass is 184 g/mol. The number of likely N-dealkylation sites (tertiary alicyclic amines) is 1. The number of carboxylic acid groups (broad SMARTS) is 1. The molecule has 4 heteroatoms. The van der Waals surface area contributed by atoms with E-state index in [1.54, 1.807) is 0 Å². The average Bonchev–Trinajstić information content (AvgIpc) is 2.15. The maximum Gasteiger partial charge on any atom is 0.407 e. The third kappa shape index (κ3) is 1.29. The van der Waals surface area contributed by atoms with E-state index in [1.807, 2.05) is 0 Å². The van der Waals surface area contributed by atoms with Gasteiger partial charge in [0.15, 0.2) is 0 Å². The molecule has 1 amide bonds. The van der Waals surface area contributed by atoms with Gasteiger partial charge in [0.2, 0.25) is 0 Å². The summed E-state index contributed by atoms with van der Waals surface area (Å²) in [7, 11) is 0. The van der Waals surface area contributed by atoms with Gasteiger partial charge in [-0.15, -0.1) is 0 Å². The van der Waals surface area contributed by atoms with Gasteiger partial charge >= 0.3 is 6.09 Å². The molecular weight excluding hydrogens is 168 g/mol. The smallest absolute Gasteiger partial charge is 0.407 e. The second-order valence-electron chi connectivity index (χ2n) is 4.28. The van der Waals surface area contributed by atoms with Gasteiger partial charge in [-0.25, -0.2) is 4.79 Å². The first-order valence-electron chi connectivity index (χ1n) is 4.87. The number of hydrogen-bond acceptors (Lipinski definition) is 2. The molecule has 2 rings (SSSR count). The summed E-state index contributed by atoms with van der Waals surface area (Å²) in [4.78, 5) is 12.1. The van der Waals surface area contributed by atoms with Crippen molar-refractivity contribution in [2.75, 3.05) is 13.1 Å². The number of piperidine rings is 1. The summed E-state index contributed by atoms with van der Waals surface area (Å²) in [6.45, 7) is 1.34. The first kappa shape index (κ1) is 8.81. The van der Waals surface area contributed by atoms with Crippen molar-refractivity contribution >= 4 is 6.09 Å². The third-order valence-corrected chi connectivity index (χ3v) is 3.77. The van der Waals surface area contributed by atoms with Gasteiger partial charge in [0, 0.05) is 19.1 Å². The predicted octanol–water partition coefficient (Wildman–Crippen LogP) is 0.868. The predicted molar refractivity (Wildman–Crippen MR) is 48.5 cm³/mol. The van der Waals surface area contributed by atoms with Crippen molar-refractivity contribution in [2.24, 2.45) is 11.1 Å². The fourth-order valence-electron chi connectivity index (χ4n) is 2.48. The molecule has 1 spiro atoms. The zero-order valence-electron chi connectivity index (χ0n) is 7.70. The minimum atomic E-state index is -0.789. The zero-order valence-corrected chi connectivity index (χ0v) is 7.70. The summed E-state index contributed by atoms with van der Waals surface area (Å²) < 4.78 is 0. The van der Waals surface area contributed by atoms with Crippen LogP contribution in [0.15, 0.2) is 0 Å². The molecule has 1 heterocycles. The Morgan fingerprint density at radius 1 is 1.38 bits per heavy atom. The summed E-state index contributed by atoms with van der Waals surface area (Å²) in [6, 6.07) is 0.323. The Balaban J connectivity index is 1.92. The number of amides is 1. The van der Waals surface area contributed by atoms with E-state index in [0.29, 0.717) is 24.5 Å². The van der Waals surface area contributed by atoms with Crippen LogP contribution >= 0.6 is 0 Å². The average molecular weight is 184 g/mol. The number of rotatable bonds is 0. The van der Waals surface area contributed by atoms with E-state index in [9.17, 15) is 4.79 Å². The quantitative estimate of drug-likeness (QED) is 0.587. The fraction of sp³-hybridized carbons (Fsp3) is 0.889. The van der Waals surface area contributed by atoms with E-state index in [0.717, 1.165) is 19.3 Å². The summed E-state index contributed by atoms with van der Waals surface area (Å²) in [5.41, 5.74) is 6.24. The molecule has 1 atom stereocenters. The molecule has 1 aliphatic heterocycles. The van der Waals surface area contributed by atoms with E-state index in [-0.39, 0.29) is 0 Å². The third-order valence-electron chi connectivity index (χ3n) is 3.77. The molecule has 74 valence electrons. The molecule has 1 saturated carbocycles. The highest BCUT2D eigenvalue weighted by molar-refractivity contribution is 5.65. The van der Waals surface area contributed by atoms with Crippen molar-refractivity contribution < 1.29 is 9.90 Å². The van der Waals surface area contributed by atoms with Crippen molar-refractivity contribution in [1.82, 2.24) is 4.90 Å². The molecule has 1 aliphatic carbocycles. The molecular formula is C9H16N2O2. The van der Waals surface area contributed by atoms with Crippen molar-refractivity contribution in [3.8, 4) is 0 Å². The van der Waals surface area contributed by atoms with E-state index < -0.39 is 6.09 Å². The lowest BCUT2D eigenvalue weighted by Gasteiger charge is -2.52. The Morgan fingerprint density at radius 3 is 2.31 bits per heavy atom. The van der Waals surface area contributed by atoms with Crippen LogP contribution in [-0.2, 0) is 0 Å². The van der Waals surface area contributed by atoms with E-state index in [1.165, 1.54) is 11.3 Å². The molecule has 0 bridgehead atoms. The molecule has 2 aliphatic rings. The van der Waals surface area contributed by atoms with Crippen molar-refractivity contribution in [3.63, 3.8) is 0 Å². The summed E-state index contributed by atoms with van der Waals surface area (Å²) in [5.74, 6) is 0. The molecule has 3 N–H and O–H groups in total. The lowest BCUT2D eigenvalue weighted by molar-refractivity contribution is 0.0138. The van der Waals surface area contributed by atoms with Crippen LogP contribution in [0.1, 0.15) is 25.7 Å². The molecule has 0 aromatic rings. The van der Waals surface area contributed by atoms with Crippen LogP contribution in [-0.4, -0.2) is 35.2 Å². The summed E-state index contributed by atoms with van der Waals surface area (Å²) in [6.07, 6.45) is 3.44. The standard InChI is InChI=1S/C9H16N2O2/c10-7-1-2-9(7)3-5-11(6-4-9)8(12)13/h7H,1-6,10H2,(H,12,13)/t7-/m0/s1. The molecule has 0 aromatic carbocycles.